The minimum absolute atomic E-state index is 0.102. The Balaban J connectivity index is 5.09. The third kappa shape index (κ3) is 12.1. The average molecular weight is 407 g/mol. The molecular formula is C17H30N2O7S. The van der Waals surface area contributed by atoms with Gasteiger partial charge in [0.1, 0.15) is 17.7 Å². The second kappa shape index (κ2) is 12.4. The lowest BCUT2D eigenvalue weighted by Crippen LogP contribution is -2.52. The SMILES string of the molecule is CCOC(=O)[C@H](CCC(=O)O)NC(=O)[C@H](CCSC)NC(=O)OC(C)(C)C. The number of rotatable bonds is 11. The summed E-state index contributed by atoms with van der Waals surface area (Å²) in [4.78, 5) is 47.3. The van der Waals surface area contributed by atoms with Gasteiger partial charge in [0.2, 0.25) is 5.91 Å². The van der Waals surface area contributed by atoms with E-state index < -0.39 is 41.6 Å². The molecule has 3 N–H and O–H groups in total. The maximum atomic E-state index is 12.6. The molecule has 0 radical (unpaired) electrons. The number of carboxylic acids is 1. The summed E-state index contributed by atoms with van der Waals surface area (Å²) in [6.07, 6.45) is 1.01. The van der Waals surface area contributed by atoms with Crippen molar-refractivity contribution in [3.8, 4) is 0 Å². The van der Waals surface area contributed by atoms with E-state index in [1.54, 1.807) is 27.7 Å². The first-order valence-corrected chi connectivity index (χ1v) is 10.1. The number of hydrogen-bond donors (Lipinski definition) is 3. The van der Waals surface area contributed by atoms with Gasteiger partial charge in [-0.25, -0.2) is 9.59 Å². The first-order valence-electron chi connectivity index (χ1n) is 8.67. The molecule has 2 atom stereocenters. The Morgan fingerprint density at radius 3 is 2.19 bits per heavy atom. The van der Waals surface area contributed by atoms with Gasteiger partial charge in [-0.15, -0.1) is 0 Å². The molecule has 0 bridgehead atoms. The van der Waals surface area contributed by atoms with Crippen molar-refractivity contribution < 1.29 is 33.8 Å². The molecule has 27 heavy (non-hydrogen) atoms. The summed E-state index contributed by atoms with van der Waals surface area (Å²) in [6.45, 7) is 6.81. The first-order chi connectivity index (χ1) is 12.5. The average Bonchev–Trinajstić information content (AvgIpc) is 2.53. The van der Waals surface area contributed by atoms with Crippen LogP contribution in [-0.4, -0.2) is 65.3 Å². The number of carbonyl (C=O) groups is 4. The van der Waals surface area contributed by atoms with Gasteiger partial charge in [-0.1, -0.05) is 0 Å². The minimum Gasteiger partial charge on any atom is -0.481 e. The molecule has 0 fully saturated rings. The first kappa shape index (κ1) is 25.0. The van der Waals surface area contributed by atoms with Crippen LogP contribution in [0.25, 0.3) is 0 Å². The van der Waals surface area contributed by atoms with Crippen molar-refractivity contribution in [2.45, 2.75) is 64.6 Å². The van der Waals surface area contributed by atoms with Gasteiger partial charge < -0.3 is 25.2 Å². The highest BCUT2D eigenvalue weighted by molar-refractivity contribution is 7.98. The van der Waals surface area contributed by atoms with E-state index >= 15 is 0 Å². The number of aliphatic carboxylic acids is 1. The molecular weight excluding hydrogens is 376 g/mol. The summed E-state index contributed by atoms with van der Waals surface area (Å²) < 4.78 is 10.0. The maximum Gasteiger partial charge on any atom is 0.408 e. The van der Waals surface area contributed by atoms with E-state index in [9.17, 15) is 19.2 Å². The van der Waals surface area contributed by atoms with Crippen LogP contribution in [0.1, 0.15) is 47.0 Å². The fraction of sp³-hybridized carbons (Fsp3) is 0.765. The fourth-order valence-corrected chi connectivity index (χ4v) is 2.46. The van der Waals surface area contributed by atoms with Crippen molar-refractivity contribution in [2.75, 3.05) is 18.6 Å². The molecule has 2 amide bonds. The van der Waals surface area contributed by atoms with Gasteiger partial charge in [0.25, 0.3) is 0 Å². The van der Waals surface area contributed by atoms with Gasteiger partial charge in [0.15, 0.2) is 0 Å². The van der Waals surface area contributed by atoms with Crippen molar-refractivity contribution in [3.05, 3.63) is 0 Å². The largest absolute Gasteiger partial charge is 0.481 e. The molecule has 0 aliphatic heterocycles. The standard InChI is InChI=1S/C17H30N2O7S/c1-6-25-15(23)12(7-8-13(20)21)18-14(22)11(9-10-27-5)19-16(24)26-17(2,3)4/h11-12H,6-10H2,1-5H3,(H,18,22)(H,19,24)(H,20,21)/t11-,12-/m0/s1. The van der Waals surface area contributed by atoms with Crippen molar-refractivity contribution in [1.82, 2.24) is 10.6 Å². The van der Waals surface area contributed by atoms with Crippen LogP contribution >= 0.6 is 11.8 Å². The number of carboxylic acid groups (broad SMARTS) is 1. The van der Waals surface area contributed by atoms with Crippen molar-refractivity contribution in [3.63, 3.8) is 0 Å². The van der Waals surface area contributed by atoms with Crippen LogP contribution in [0.4, 0.5) is 4.79 Å². The second-order valence-electron chi connectivity index (χ2n) is 6.73. The number of amides is 2. The zero-order chi connectivity index (χ0) is 21.0. The number of esters is 1. The van der Waals surface area contributed by atoms with Gasteiger partial charge >= 0.3 is 18.0 Å². The summed E-state index contributed by atoms with van der Waals surface area (Å²) >= 11 is 1.49. The summed E-state index contributed by atoms with van der Waals surface area (Å²) in [6, 6.07) is -2.03. The highest BCUT2D eigenvalue weighted by atomic mass is 32.2. The van der Waals surface area contributed by atoms with Crippen LogP contribution in [0.2, 0.25) is 0 Å². The Bertz CT molecular complexity index is 520. The number of carbonyl (C=O) groups excluding carboxylic acids is 3. The Morgan fingerprint density at radius 1 is 1.07 bits per heavy atom. The van der Waals surface area contributed by atoms with Crippen LogP contribution in [-0.2, 0) is 23.9 Å². The molecule has 10 heteroatoms. The molecule has 0 rings (SSSR count). The highest BCUT2D eigenvalue weighted by Crippen LogP contribution is 2.09. The summed E-state index contributed by atoms with van der Waals surface area (Å²) in [5, 5.41) is 13.8. The molecule has 0 heterocycles. The zero-order valence-electron chi connectivity index (χ0n) is 16.5. The summed E-state index contributed by atoms with van der Waals surface area (Å²) in [7, 11) is 0. The third-order valence-electron chi connectivity index (χ3n) is 3.15. The quantitative estimate of drug-likeness (QED) is 0.440. The van der Waals surface area contributed by atoms with Crippen LogP contribution in [0.5, 0.6) is 0 Å². The van der Waals surface area contributed by atoms with Gasteiger partial charge in [-0.3, -0.25) is 9.59 Å². The summed E-state index contributed by atoms with van der Waals surface area (Å²) in [5.41, 5.74) is -0.723. The molecule has 0 aliphatic rings. The molecule has 9 nitrogen and oxygen atoms in total. The number of alkyl carbamates (subject to hydrolysis) is 1. The molecule has 0 aromatic heterocycles. The number of hydrogen-bond acceptors (Lipinski definition) is 7. The lowest BCUT2D eigenvalue weighted by molar-refractivity contribution is -0.148. The van der Waals surface area contributed by atoms with E-state index in [2.05, 4.69) is 10.6 Å². The van der Waals surface area contributed by atoms with E-state index in [0.29, 0.717) is 12.2 Å². The van der Waals surface area contributed by atoms with Crippen LogP contribution in [0, 0.1) is 0 Å². The topological polar surface area (TPSA) is 131 Å². The van der Waals surface area contributed by atoms with Crippen LogP contribution < -0.4 is 10.6 Å². The number of ether oxygens (including phenoxy) is 2. The Labute approximate surface area is 163 Å². The highest BCUT2D eigenvalue weighted by Gasteiger charge is 2.29. The number of thioether (sulfide) groups is 1. The van der Waals surface area contributed by atoms with E-state index in [-0.39, 0.29) is 19.4 Å². The zero-order valence-corrected chi connectivity index (χ0v) is 17.3. The van der Waals surface area contributed by atoms with Crippen molar-refractivity contribution in [1.29, 1.82) is 0 Å². The van der Waals surface area contributed by atoms with Crippen LogP contribution in [0.3, 0.4) is 0 Å². The maximum absolute atomic E-state index is 12.6. The van der Waals surface area contributed by atoms with E-state index in [1.165, 1.54) is 11.8 Å². The Morgan fingerprint density at radius 2 is 1.70 bits per heavy atom. The van der Waals surface area contributed by atoms with E-state index in [1.807, 2.05) is 6.26 Å². The molecule has 0 saturated heterocycles. The molecule has 156 valence electrons. The van der Waals surface area contributed by atoms with E-state index in [0.717, 1.165) is 0 Å². The fourth-order valence-electron chi connectivity index (χ4n) is 1.99. The predicted octanol–water partition coefficient (Wildman–Crippen LogP) is 1.55. The lowest BCUT2D eigenvalue weighted by Gasteiger charge is -2.24. The molecule has 0 aliphatic carbocycles. The van der Waals surface area contributed by atoms with Gasteiger partial charge in [-0.2, -0.15) is 11.8 Å². The summed E-state index contributed by atoms with van der Waals surface area (Å²) in [5.74, 6) is -1.82. The normalized spacial score (nSPS) is 13.2. The monoisotopic (exact) mass is 406 g/mol. The van der Waals surface area contributed by atoms with Gasteiger partial charge in [0, 0.05) is 6.42 Å². The molecule has 0 aromatic carbocycles. The molecule has 0 unspecified atom stereocenters. The van der Waals surface area contributed by atoms with Gasteiger partial charge in [-0.05, 0) is 52.5 Å². The minimum atomic E-state index is -1.11. The van der Waals surface area contributed by atoms with E-state index in [4.69, 9.17) is 14.6 Å². The Kier molecular flexibility index (Phi) is 11.5. The second-order valence-corrected chi connectivity index (χ2v) is 7.71. The lowest BCUT2D eigenvalue weighted by atomic mass is 10.1. The molecule has 0 aromatic rings. The Hall–Kier alpha value is -1.97. The molecule has 0 spiro atoms. The third-order valence-corrected chi connectivity index (χ3v) is 3.80. The van der Waals surface area contributed by atoms with Gasteiger partial charge in [0.05, 0.1) is 6.61 Å². The van der Waals surface area contributed by atoms with Crippen molar-refractivity contribution in [2.24, 2.45) is 0 Å². The van der Waals surface area contributed by atoms with Crippen LogP contribution in [0.15, 0.2) is 0 Å². The predicted molar refractivity (Wildman–Crippen MR) is 102 cm³/mol. The smallest absolute Gasteiger partial charge is 0.408 e. The van der Waals surface area contributed by atoms with Crippen molar-refractivity contribution >= 4 is 35.7 Å². The number of nitrogens with one attached hydrogen (secondary N) is 2. The molecule has 0 saturated carbocycles.